The second-order valence-electron chi connectivity index (χ2n) is 5.86. The van der Waals surface area contributed by atoms with Gasteiger partial charge in [0.1, 0.15) is 0 Å². The fraction of sp³-hybridized carbons (Fsp3) is 0.929. The van der Waals surface area contributed by atoms with Gasteiger partial charge in [-0.05, 0) is 52.7 Å². The molecule has 0 spiro atoms. The molecule has 1 aliphatic heterocycles. The molecule has 1 atom stereocenters. The molecule has 1 saturated heterocycles. The summed E-state index contributed by atoms with van der Waals surface area (Å²) in [6.07, 6.45) is 7.97. The highest BCUT2D eigenvalue weighted by Gasteiger charge is 2.39. The largest absolute Gasteiger partial charge is 0.354 e. The third-order valence-corrected chi connectivity index (χ3v) is 4.80. The standard InChI is InChI=1S/C14H27N3O/c1-15-14(8-3-4-9-14)13(18)16-10-7-12-6-5-11-17(12)2/h12,15H,3-11H2,1-2H3,(H,16,18). The van der Waals surface area contributed by atoms with Crippen LogP contribution in [0.5, 0.6) is 0 Å². The highest BCUT2D eigenvalue weighted by Crippen LogP contribution is 2.29. The molecular formula is C14H27N3O. The number of amides is 1. The average Bonchev–Trinajstić information content (AvgIpc) is 2.99. The van der Waals surface area contributed by atoms with Gasteiger partial charge in [0.25, 0.3) is 0 Å². The molecule has 2 aliphatic rings. The molecule has 1 unspecified atom stereocenters. The molecule has 0 aromatic carbocycles. The Bertz CT molecular complexity index is 287. The van der Waals surface area contributed by atoms with E-state index in [1.165, 1.54) is 32.2 Å². The van der Waals surface area contributed by atoms with Gasteiger partial charge in [-0.15, -0.1) is 0 Å². The van der Waals surface area contributed by atoms with Crippen LogP contribution in [0, 0.1) is 0 Å². The Balaban J connectivity index is 1.74. The lowest BCUT2D eigenvalue weighted by atomic mass is 9.96. The van der Waals surface area contributed by atoms with Crippen LogP contribution in [0.4, 0.5) is 0 Å². The minimum atomic E-state index is -0.276. The van der Waals surface area contributed by atoms with Crippen molar-refractivity contribution in [3.05, 3.63) is 0 Å². The van der Waals surface area contributed by atoms with Crippen LogP contribution < -0.4 is 10.6 Å². The third-order valence-electron chi connectivity index (χ3n) is 4.80. The van der Waals surface area contributed by atoms with Crippen LogP contribution in [0.1, 0.15) is 44.9 Å². The number of rotatable bonds is 5. The molecule has 4 heteroatoms. The van der Waals surface area contributed by atoms with E-state index in [1.807, 2.05) is 7.05 Å². The van der Waals surface area contributed by atoms with E-state index in [2.05, 4.69) is 22.6 Å². The lowest BCUT2D eigenvalue weighted by Gasteiger charge is -2.27. The molecule has 0 aromatic heterocycles. The Labute approximate surface area is 110 Å². The van der Waals surface area contributed by atoms with Gasteiger partial charge in [-0.2, -0.15) is 0 Å². The summed E-state index contributed by atoms with van der Waals surface area (Å²) in [5, 5.41) is 6.38. The number of likely N-dealkylation sites (tertiary alicyclic amines) is 1. The van der Waals surface area contributed by atoms with Crippen molar-refractivity contribution >= 4 is 5.91 Å². The van der Waals surface area contributed by atoms with E-state index in [1.54, 1.807) is 0 Å². The summed E-state index contributed by atoms with van der Waals surface area (Å²) >= 11 is 0. The molecule has 0 bridgehead atoms. The van der Waals surface area contributed by atoms with E-state index in [4.69, 9.17) is 0 Å². The van der Waals surface area contributed by atoms with Crippen molar-refractivity contribution in [2.75, 3.05) is 27.2 Å². The Morgan fingerprint density at radius 2 is 2.06 bits per heavy atom. The third kappa shape index (κ3) is 2.86. The first-order valence-corrected chi connectivity index (χ1v) is 7.35. The molecule has 0 radical (unpaired) electrons. The first-order chi connectivity index (χ1) is 8.68. The lowest BCUT2D eigenvalue weighted by Crippen LogP contribution is -2.54. The van der Waals surface area contributed by atoms with Gasteiger partial charge >= 0.3 is 0 Å². The van der Waals surface area contributed by atoms with E-state index in [9.17, 15) is 4.79 Å². The van der Waals surface area contributed by atoms with E-state index in [0.717, 1.165) is 25.8 Å². The molecule has 104 valence electrons. The van der Waals surface area contributed by atoms with Crippen molar-refractivity contribution in [1.29, 1.82) is 0 Å². The topological polar surface area (TPSA) is 44.4 Å². The summed E-state index contributed by atoms with van der Waals surface area (Å²) in [6.45, 7) is 2.02. The maximum atomic E-state index is 12.3. The highest BCUT2D eigenvalue weighted by atomic mass is 16.2. The first-order valence-electron chi connectivity index (χ1n) is 7.35. The number of nitrogens with one attached hydrogen (secondary N) is 2. The SMILES string of the molecule is CNC1(C(=O)NCCC2CCCN2C)CCCC1. The van der Waals surface area contributed by atoms with Crippen LogP contribution in [0.3, 0.4) is 0 Å². The van der Waals surface area contributed by atoms with Gasteiger partial charge < -0.3 is 15.5 Å². The number of likely N-dealkylation sites (N-methyl/N-ethyl adjacent to an activating group) is 1. The summed E-state index contributed by atoms with van der Waals surface area (Å²) in [6, 6.07) is 0.666. The summed E-state index contributed by atoms with van der Waals surface area (Å²) in [7, 11) is 4.10. The smallest absolute Gasteiger partial charge is 0.240 e. The normalized spacial score (nSPS) is 27.6. The molecule has 4 nitrogen and oxygen atoms in total. The fourth-order valence-electron chi connectivity index (χ4n) is 3.43. The molecule has 0 aromatic rings. The van der Waals surface area contributed by atoms with Crippen LogP contribution in [0.2, 0.25) is 0 Å². The number of carbonyl (C=O) groups is 1. The van der Waals surface area contributed by atoms with Crippen LogP contribution in [-0.4, -0.2) is 49.6 Å². The van der Waals surface area contributed by atoms with E-state index < -0.39 is 0 Å². The van der Waals surface area contributed by atoms with Gasteiger partial charge in [-0.25, -0.2) is 0 Å². The molecule has 1 amide bonds. The summed E-state index contributed by atoms with van der Waals surface area (Å²) in [5.41, 5.74) is -0.276. The van der Waals surface area contributed by atoms with Gasteiger partial charge in [-0.3, -0.25) is 4.79 Å². The second-order valence-corrected chi connectivity index (χ2v) is 5.86. The molecule has 1 heterocycles. The van der Waals surface area contributed by atoms with Crippen molar-refractivity contribution < 1.29 is 4.79 Å². The second kappa shape index (κ2) is 6.02. The van der Waals surface area contributed by atoms with Gasteiger partial charge in [0.15, 0.2) is 0 Å². The van der Waals surface area contributed by atoms with Gasteiger partial charge in [-0.1, -0.05) is 12.8 Å². The zero-order valence-corrected chi connectivity index (χ0v) is 11.8. The summed E-state index contributed by atoms with van der Waals surface area (Å²) in [5.74, 6) is 0.211. The lowest BCUT2D eigenvalue weighted by molar-refractivity contribution is -0.127. The van der Waals surface area contributed by atoms with Crippen molar-refractivity contribution in [3.63, 3.8) is 0 Å². The monoisotopic (exact) mass is 253 g/mol. The van der Waals surface area contributed by atoms with E-state index in [-0.39, 0.29) is 11.4 Å². The van der Waals surface area contributed by atoms with Crippen molar-refractivity contribution in [2.24, 2.45) is 0 Å². The molecule has 1 aliphatic carbocycles. The van der Waals surface area contributed by atoms with Crippen LogP contribution in [-0.2, 0) is 4.79 Å². The molecule has 2 N–H and O–H groups in total. The van der Waals surface area contributed by atoms with E-state index in [0.29, 0.717) is 6.04 Å². The van der Waals surface area contributed by atoms with Crippen molar-refractivity contribution in [3.8, 4) is 0 Å². The molecule has 2 fully saturated rings. The maximum Gasteiger partial charge on any atom is 0.240 e. The predicted octanol–water partition coefficient (Wildman–Crippen LogP) is 1.12. The fourth-order valence-corrected chi connectivity index (χ4v) is 3.43. The maximum absolute atomic E-state index is 12.3. The Morgan fingerprint density at radius 3 is 2.61 bits per heavy atom. The van der Waals surface area contributed by atoms with Gasteiger partial charge in [0, 0.05) is 12.6 Å². The zero-order valence-electron chi connectivity index (χ0n) is 11.8. The van der Waals surface area contributed by atoms with E-state index >= 15 is 0 Å². The quantitative estimate of drug-likeness (QED) is 0.772. The highest BCUT2D eigenvalue weighted by molar-refractivity contribution is 5.86. The number of nitrogens with zero attached hydrogens (tertiary/aromatic N) is 1. The molecule has 1 saturated carbocycles. The molecule has 18 heavy (non-hydrogen) atoms. The minimum Gasteiger partial charge on any atom is -0.354 e. The predicted molar refractivity (Wildman–Crippen MR) is 73.5 cm³/mol. The van der Waals surface area contributed by atoms with Crippen LogP contribution >= 0.6 is 0 Å². The Morgan fingerprint density at radius 1 is 1.33 bits per heavy atom. The Kier molecular flexibility index (Phi) is 4.62. The molecule has 2 rings (SSSR count). The average molecular weight is 253 g/mol. The summed E-state index contributed by atoms with van der Waals surface area (Å²) in [4.78, 5) is 14.7. The van der Waals surface area contributed by atoms with Crippen molar-refractivity contribution in [2.45, 2.75) is 56.5 Å². The van der Waals surface area contributed by atoms with Crippen molar-refractivity contribution in [1.82, 2.24) is 15.5 Å². The minimum absolute atomic E-state index is 0.211. The number of carbonyl (C=O) groups excluding carboxylic acids is 1. The molecular weight excluding hydrogens is 226 g/mol. The summed E-state index contributed by atoms with van der Waals surface area (Å²) < 4.78 is 0. The number of hydrogen-bond acceptors (Lipinski definition) is 3. The van der Waals surface area contributed by atoms with Crippen LogP contribution in [0.15, 0.2) is 0 Å². The Hall–Kier alpha value is -0.610. The van der Waals surface area contributed by atoms with Gasteiger partial charge in [0.2, 0.25) is 5.91 Å². The first kappa shape index (κ1) is 13.8. The van der Waals surface area contributed by atoms with Gasteiger partial charge in [0.05, 0.1) is 5.54 Å². The van der Waals surface area contributed by atoms with Crippen LogP contribution in [0.25, 0.3) is 0 Å². The number of hydrogen-bond donors (Lipinski definition) is 2. The zero-order chi connectivity index (χ0) is 13.0.